The van der Waals surface area contributed by atoms with E-state index in [0.717, 1.165) is 27.9 Å². The highest BCUT2D eigenvalue weighted by Crippen LogP contribution is 2.51. The molecule has 2 aromatic heterocycles. The van der Waals surface area contributed by atoms with Crippen LogP contribution in [0.25, 0.3) is 77.1 Å². The van der Waals surface area contributed by atoms with Crippen molar-refractivity contribution in [3.05, 3.63) is 173 Å². The predicted molar refractivity (Wildman–Crippen MR) is 247 cm³/mol. The van der Waals surface area contributed by atoms with Gasteiger partial charge in [-0.1, -0.05) is 96.1 Å². The van der Waals surface area contributed by atoms with E-state index in [9.17, 15) is 0 Å². The summed E-state index contributed by atoms with van der Waals surface area (Å²) in [5.41, 5.74) is 25.9. The standard InChI is InChI=1S/C54H41BN2O/c1-30-22-32(3)49(33(4)23-30)36-20-21-44-40(26-36)41-27-37(50-34(5)24-31(2)25-35(50)6)28-42-52-51-39-16-10-13-19-47(39)58-48(51)29-46-53(52)55(57(44)54(41)42)43-17-11-12-18-45(43)56(46)38-14-8-7-9-15-38/h7-29H,1-6H3. The Kier molecular flexibility index (Phi) is 6.83. The van der Waals surface area contributed by atoms with Crippen molar-refractivity contribution in [1.82, 2.24) is 4.48 Å². The van der Waals surface area contributed by atoms with Gasteiger partial charge in [0.15, 0.2) is 0 Å². The number of nitrogens with zero attached hydrogens (tertiary/aromatic N) is 2. The first kappa shape index (κ1) is 33.4. The lowest BCUT2D eigenvalue weighted by Crippen LogP contribution is -2.56. The minimum Gasteiger partial charge on any atom is -0.456 e. The predicted octanol–water partition coefficient (Wildman–Crippen LogP) is 13.3. The van der Waals surface area contributed by atoms with E-state index in [0.29, 0.717) is 0 Å². The fourth-order valence-corrected chi connectivity index (χ4v) is 11.2. The number of para-hydroxylation sites is 3. The van der Waals surface area contributed by atoms with Crippen LogP contribution in [0.3, 0.4) is 0 Å². The van der Waals surface area contributed by atoms with E-state index in [-0.39, 0.29) is 6.85 Å². The van der Waals surface area contributed by atoms with Gasteiger partial charge in [-0.25, -0.2) is 0 Å². The monoisotopic (exact) mass is 744 g/mol. The van der Waals surface area contributed by atoms with Gasteiger partial charge in [0.2, 0.25) is 0 Å². The molecule has 58 heavy (non-hydrogen) atoms. The summed E-state index contributed by atoms with van der Waals surface area (Å²) in [6, 6.07) is 52.3. The van der Waals surface area contributed by atoms with Gasteiger partial charge in [0.1, 0.15) is 11.2 Å². The molecule has 0 aliphatic carbocycles. The molecule has 0 spiro atoms. The number of anilines is 3. The van der Waals surface area contributed by atoms with Crippen molar-refractivity contribution in [3.8, 4) is 33.4 Å². The Morgan fingerprint density at radius 3 is 1.86 bits per heavy atom. The molecular formula is C54H41BN2O. The smallest absolute Gasteiger partial charge is 0.333 e. The molecule has 0 unspecified atom stereocenters. The first-order valence-corrected chi connectivity index (χ1v) is 20.5. The van der Waals surface area contributed by atoms with Crippen LogP contribution in [0.1, 0.15) is 33.4 Å². The molecular weight excluding hydrogens is 703 g/mol. The molecule has 3 nitrogen and oxygen atoms in total. The Bertz CT molecular complexity index is 3380. The molecule has 2 aliphatic heterocycles. The first-order valence-electron chi connectivity index (χ1n) is 20.5. The fourth-order valence-electron chi connectivity index (χ4n) is 11.2. The maximum atomic E-state index is 6.86. The van der Waals surface area contributed by atoms with Gasteiger partial charge >= 0.3 is 6.85 Å². The van der Waals surface area contributed by atoms with E-state index in [2.05, 4.69) is 190 Å². The molecule has 0 saturated carbocycles. The number of rotatable bonds is 3. The van der Waals surface area contributed by atoms with E-state index in [1.807, 2.05) is 0 Å². The Morgan fingerprint density at radius 1 is 0.483 bits per heavy atom. The molecule has 12 rings (SSSR count). The van der Waals surface area contributed by atoms with E-state index >= 15 is 0 Å². The summed E-state index contributed by atoms with van der Waals surface area (Å²) in [6.07, 6.45) is 0. The van der Waals surface area contributed by atoms with Gasteiger partial charge in [-0.05, 0) is 151 Å². The summed E-state index contributed by atoms with van der Waals surface area (Å²) in [6.45, 7) is 13.4. The van der Waals surface area contributed by atoms with Gasteiger partial charge in [-0.2, -0.15) is 0 Å². The molecule has 8 aromatic carbocycles. The largest absolute Gasteiger partial charge is 0.456 e. The molecule has 0 amide bonds. The molecule has 0 radical (unpaired) electrons. The summed E-state index contributed by atoms with van der Waals surface area (Å²) >= 11 is 0. The van der Waals surface area contributed by atoms with Crippen molar-refractivity contribution in [2.24, 2.45) is 0 Å². The van der Waals surface area contributed by atoms with Crippen LogP contribution < -0.4 is 15.8 Å². The van der Waals surface area contributed by atoms with E-state index < -0.39 is 0 Å². The van der Waals surface area contributed by atoms with Crippen LogP contribution in [0.5, 0.6) is 0 Å². The van der Waals surface area contributed by atoms with Crippen LogP contribution in [0.2, 0.25) is 0 Å². The highest BCUT2D eigenvalue weighted by Gasteiger charge is 2.44. The Hall–Kier alpha value is -6.78. The summed E-state index contributed by atoms with van der Waals surface area (Å²) in [5, 5.41) is 4.90. The summed E-state index contributed by atoms with van der Waals surface area (Å²) in [5.74, 6) is 0. The van der Waals surface area contributed by atoms with Gasteiger partial charge in [0, 0.05) is 61.3 Å². The Morgan fingerprint density at radius 2 is 1.12 bits per heavy atom. The van der Waals surface area contributed by atoms with Crippen molar-refractivity contribution < 1.29 is 4.42 Å². The Labute approximate surface area is 338 Å². The van der Waals surface area contributed by atoms with Crippen molar-refractivity contribution in [3.63, 3.8) is 0 Å². The highest BCUT2D eigenvalue weighted by atomic mass is 16.3. The topological polar surface area (TPSA) is 21.3 Å². The molecule has 0 atom stereocenters. The zero-order valence-electron chi connectivity index (χ0n) is 33.7. The fraction of sp³-hybridized carbons (Fsp3) is 0.111. The molecule has 2 aliphatic rings. The van der Waals surface area contributed by atoms with Crippen LogP contribution in [-0.4, -0.2) is 11.3 Å². The van der Waals surface area contributed by atoms with E-state index in [4.69, 9.17) is 4.42 Å². The van der Waals surface area contributed by atoms with E-state index in [1.54, 1.807) is 0 Å². The number of aromatic nitrogens is 1. The number of hydrogen-bond donors (Lipinski definition) is 0. The molecule has 4 heterocycles. The van der Waals surface area contributed by atoms with Crippen molar-refractivity contribution in [2.75, 3.05) is 4.90 Å². The zero-order valence-corrected chi connectivity index (χ0v) is 33.7. The molecule has 0 saturated heterocycles. The van der Waals surface area contributed by atoms with Crippen LogP contribution >= 0.6 is 0 Å². The number of furan rings is 1. The third-order valence-corrected chi connectivity index (χ3v) is 13.0. The SMILES string of the molecule is Cc1cc(C)c(-c2ccc3c(c2)c2cc(-c4c(C)cc(C)cc4C)cc4c2n3B2c3ccccc3N(c3ccccc3)c3cc5oc6ccccc6c5c-4c32)c(C)c1. The van der Waals surface area contributed by atoms with Crippen LogP contribution in [0, 0.1) is 41.5 Å². The van der Waals surface area contributed by atoms with Crippen LogP contribution in [0.4, 0.5) is 17.1 Å². The minimum absolute atomic E-state index is 0.0610. The molecule has 0 fully saturated rings. The van der Waals surface area contributed by atoms with Gasteiger partial charge in [-0.3, -0.25) is 0 Å². The summed E-state index contributed by atoms with van der Waals surface area (Å²) in [7, 11) is 0. The third-order valence-electron chi connectivity index (χ3n) is 13.0. The van der Waals surface area contributed by atoms with Crippen LogP contribution in [-0.2, 0) is 0 Å². The number of hydrogen-bond acceptors (Lipinski definition) is 2. The summed E-state index contributed by atoms with van der Waals surface area (Å²) in [4.78, 5) is 2.46. The van der Waals surface area contributed by atoms with E-state index in [1.165, 1.54) is 111 Å². The molecule has 10 aromatic rings. The highest BCUT2D eigenvalue weighted by molar-refractivity contribution is 6.90. The summed E-state index contributed by atoms with van der Waals surface area (Å²) < 4.78 is 9.54. The maximum Gasteiger partial charge on any atom is 0.333 e. The lowest BCUT2D eigenvalue weighted by atomic mass is 9.45. The van der Waals surface area contributed by atoms with Crippen molar-refractivity contribution in [2.45, 2.75) is 41.5 Å². The second kappa shape index (κ2) is 11.9. The lowest BCUT2D eigenvalue weighted by molar-refractivity contribution is 0.669. The van der Waals surface area contributed by atoms with Gasteiger partial charge < -0.3 is 13.8 Å². The first-order chi connectivity index (χ1) is 28.2. The zero-order chi connectivity index (χ0) is 39.1. The number of fused-ring (bicyclic) bond motifs is 11. The van der Waals surface area contributed by atoms with Gasteiger partial charge in [-0.15, -0.1) is 0 Å². The number of benzene rings is 8. The van der Waals surface area contributed by atoms with Gasteiger partial charge in [0.25, 0.3) is 0 Å². The Balaban J connectivity index is 1.30. The third kappa shape index (κ3) is 4.46. The second-order valence-corrected chi connectivity index (χ2v) is 16.9. The lowest BCUT2D eigenvalue weighted by Gasteiger charge is -2.40. The second-order valence-electron chi connectivity index (χ2n) is 16.9. The van der Waals surface area contributed by atoms with Crippen molar-refractivity contribution in [1.29, 1.82) is 0 Å². The molecule has 4 heteroatoms. The molecule has 0 bridgehead atoms. The minimum atomic E-state index is -0.0610. The van der Waals surface area contributed by atoms with Crippen molar-refractivity contribution >= 4 is 78.6 Å². The van der Waals surface area contributed by atoms with Crippen LogP contribution in [0.15, 0.2) is 144 Å². The average molecular weight is 745 g/mol. The maximum absolute atomic E-state index is 6.86. The average Bonchev–Trinajstić information content (AvgIpc) is 3.74. The normalized spacial score (nSPS) is 12.9. The number of aryl methyl sites for hydroxylation is 6. The van der Waals surface area contributed by atoms with Gasteiger partial charge in [0.05, 0.1) is 0 Å². The molecule has 0 N–H and O–H groups in total. The molecule has 276 valence electrons. The quantitative estimate of drug-likeness (QED) is 0.168.